The molecule has 1 aliphatic heterocycles. The van der Waals surface area contributed by atoms with E-state index in [1.807, 2.05) is 13.8 Å². The van der Waals surface area contributed by atoms with Crippen molar-refractivity contribution in [1.82, 2.24) is 0 Å². The van der Waals surface area contributed by atoms with Crippen LogP contribution in [0.25, 0.3) is 0 Å². The van der Waals surface area contributed by atoms with Gasteiger partial charge in [-0.3, -0.25) is 9.59 Å². The summed E-state index contributed by atoms with van der Waals surface area (Å²) in [5.74, 6) is 0.149. The van der Waals surface area contributed by atoms with Crippen LogP contribution in [0.4, 0.5) is 0 Å². The molecule has 2 saturated carbocycles. The molecule has 4 heteroatoms. The molecular weight excluding hydrogens is 328 g/mol. The highest BCUT2D eigenvalue weighted by Gasteiger charge is 2.55. The quantitative estimate of drug-likeness (QED) is 0.298. The number of allylic oxidation sites excluding steroid dienone is 2. The third-order valence-electron chi connectivity index (χ3n) is 6.70. The number of carbonyl (C=O) groups is 2. The van der Waals surface area contributed by atoms with Crippen molar-refractivity contribution in [3.05, 3.63) is 23.3 Å². The fourth-order valence-corrected chi connectivity index (χ4v) is 5.14. The first kappa shape index (κ1) is 19.3. The maximum Gasteiger partial charge on any atom is 0.303 e. The Morgan fingerprint density at radius 2 is 1.92 bits per heavy atom. The molecule has 0 unspecified atom stereocenters. The molecule has 4 nitrogen and oxygen atoms in total. The zero-order chi connectivity index (χ0) is 19.3. The van der Waals surface area contributed by atoms with Gasteiger partial charge in [0.2, 0.25) is 0 Å². The number of ketones is 1. The normalized spacial score (nSPS) is 40.3. The maximum atomic E-state index is 12.8. The fraction of sp³-hybridized carbons (Fsp3) is 0.727. The second-order valence-electron chi connectivity index (χ2n) is 9.18. The minimum Gasteiger partial charge on any atom is -0.458 e. The molecule has 0 N–H and O–H groups in total. The Kier molecular flexibility index (Phi) is 4.93. The predicted molar refractivity (Wildman–Crippen MR) is 101 cm³/mol. The fourth-order valence-electron chi connectivity index (χ4n) is 5.14. The van der Waals surface area contributed by atoms with Gasteiger partial charge in [-0.25, -0.2) is 0 Å². The molecule has 5 atom stereocenters. The molecule has 2 aliphatic carbocycles. The van der Waals surface area contributed by atoms with Gasteiger partial charge in [-0.1, -0.05) is 19.1 Å². The van der Waals surface area contributed by atoms with E-state index >= 15 is 0 Å². The number of esters is 1. The molecule has 144 valence electrons. The molecule has 3 rings (SSSR count). The number of rotatable bonds is 1. The van der Waals surface area contributed by atoms with Gasteiger partial charge >= 0.3 is 5.97 Å². The van der Waals surface area contributed by atoms with Gasteiger partial charge in [0, 0.05) is 13.3 Å². The Labute approximate surface area is 157 Å². The molecule has 26 heavy (non-hydrogen) atoms. The van der Waals surface area contributed by atoms with Gasteiger partial charge in [0.15, 0.2) is 5.78 Å². The van der Waals surface area contributed by atoms with E-state index in [0.29, 0.717) is 12.8 Å². The first-order chi connectivity index (χ1) is 12.1. The van der Waals surface area contributed by atoms with Gasteiger partial charge in [-0.05, 0) is 75.4 Å². The Bertz CT molecular complexity index is 672. The van der Waals surface area contributed by atoms with Crippen LogP contribution >= 0.6 is 0 Å². The average Bonchev–Trinajstić information content (AvgIpc) is 3.08. The highest BCUT2D eigenvalue weighted by molar-refractivity contribution is 5.99. The van der Waals surface area contributed by atoms with Crippen molar-refractivity contribution < 1.29 is 19.1 Å². The van der Waals surface area contributed by atoms with Crippen molar-refractivity contribution in [2.75, 3.05) is 0 Å². The van der Waals surface area contributed by atoms with Crippen LogP contribution in [0.3, 0.4) is 0 Å². The van der Waals surface area contributed by atoms with E-state index in [2.05, 4.69) is 20.4 Å². The lowest BCUT2D eigenvalue weighted by Crippen LogP contribution is -2.32. The van der Waals surface area contributed by atoms with E-state index < -0.39 is 0 Å². The predicted octanol–water partition coefficient (Wildman–Crippen LogP) is 4.53. The summed E-state index contributed by atoms with van der Waals surface area (Å²) >= 11 is 0. The van der Waals surface area contributed by atoms with Crippen LogP contribution in [0.1, 0.15) is 73.1 Å². The third-order valence-corrected chi connectivity index (χ3v) is 6.70. The molecular formula is C22H32O4. The smallest absolute Gasteiger partial charge is 0.303 e. The SMILES string of the molecule is C=C1CC[C@@H]2O[C@]2(C)CC[C@@H]2C(=C(C)C)C(=O)C[C@@]2(C)C[C@@H]1OC(C)=O. The largest absolute Gasteiger partial charge is 0.458 e. The van der Waals surface area contributed by atoms with Gasteiger partial charge in [-0.2, -0.15) is 0 Å². The average molecular weight is 360 g/mol. The highest BCUT2D eigenvalue weighted by Crippen LogP contribution is 2.54. The van der Waals surface area contributed by atoms with Crippen molar-refractivity contribution >= 4 is 11.8 Å². The zero-order valence-corrected chi connectivity index (χ0v) is 16.8. The van der Waals surface area contributed by atoms with Gasteiger partial charge in [0.1, 0.15) is 6.10 Å². The topological polar surface area (TPSA) is 55.9 Å². The summed E-state index contributed by atoms with van der Waals surface area (Å²) in [7, 11) is 0. The van der Waals surface area contributed by atoms with E-state index in [9.17, 15) is 9.59 Å². The molecule has 1 saturated heterocycles. The first-order valence-electron chi connectivity index (χ1n) is 9.79. The van der Waals surface area contributed by atoms with E-state index in [0.717, 1.165) is 42.4 Å². The van der Waals surface area contributed by atoms with Crippen molar-refractivity contribution in [3.8, 4) is 0 Å². The minimum atomic E-state index is -0.326. The van der Waals surface area contributed by atoms with Crippen LogP contribution in [-0.4, -0.2) is 29.6 Å². The number of Topliss-reactive ketones (excluding diaryl/α,β-unsaturated/α-hetero) is 1. The maximum absolute atomic E-state index is 12.8. The summed E-state index contributed by atoms with van der Waals surface area (Å²) in [4.78, 5) is 24.5. The summed E-state index contributed by atoms with van der Waals surface area (Å²) in [5, 5.41) is 0. The van der Waals surface area contributed by atoms with Gasteiger partial charge in [0.25, 0.3) is 0 Å². The molecule has 1 heterocycles. The zero-order valence-electron chi connectivity index (χ0n) is 16.8. The number of ether oxygens (including phenoxy) is 2. The Morgan fingerprint density at radius 3 is 2.54 bits per heavy atom. The van der Waals surface area contributed by atoms with Crippen LogP contribution in [0.2, 0.25) is 0 Å². The lowest BCUT2D eigenvalue weighted by atomic mass is 9.71. The van der Waals surface area contributed by atoms with Crippen LogP contribution in [-0.2, 0) is 19.1 Å². The van der Waals surface area contributed by atoms with Crippen molar-refractivity contribution in [2.24, 2.45) is 11.3 Å². The molecule has 0 radical (unpaired) electrons. The monoisotopic (exact) mass is 360 g/mol. The second kappa shape index (κ2) is 6.63. The molecule has 0 amide bonds. The summed E-state index contributed by atoms with van der Waals surface area (Å²) in [5.41, 5.74) is 2.75. The molecule has 0 spiro atoms. The van der Waals surface area contributed by atoms with Crippen molar-refractivity contribution in [2.45, 2.75) is 91.0 Å². The molecule has 0 aromatic carbocycles. The van der Waals surface area contributed by atoms with E-state index in [1.165, 1.54) is 6.92 Å². The Morgan fingerprint density at radius 1 is 1.23 bits per heavy atom. The second-order valence-corrected chi connectivity index (χ2v) is 9.18. The molecule has 3 fully saturated rings. The van der Waals surface area contributed by atoms with Crippen LogP contribution in [0, 0.1) is 11.3 Å². The van der Waals surface area contributed by atoms with Crippen molar-refractivity contribution in [3.63, 3.8) is 0 Å². The summed E-state index contributed by atoms with van der Waals surface area (Å²) in [6, 6.07) is 0. The summed E-state index contributed by atoms with van der Waals surface area (Å²) in [6.45, 7) is 14.1. The van der Waals surface area contributed by atoms with Crippen LogP contribution in [0.5, 0.6) is 0 Å². The number of hydrogen-bond donors (Lipinski definition) is 0. The van der Waals surface area contributed by atoms with Gasteiger partial charge < -0.3 is 9.47 Å². The van der Waals surface area contributed by atoms with Crippen LogP contribution in [0.15, 0.2) is 23.3 Å². The molecule has 0 aromatic rings. The number of epoxide rings is 1. The number of hydrogen-bond acceptors (Lipinski definition) is 4. The Balaban J connectivity index is 1.97. The number of carbonyl (C=O) groups excluding carboxylic acids is 2. The third kappa shape index (κ3) is 3.53. The molecule has 0 bridgehead atoms. The first-order valence-corrected chi connectivity index (χ1v) is 9.79. The Hall–Kier alpha value is -1.42. The lowest BCUT2D eigenvalue weighted by Gasteiger charge is -2.35. The summed E-state index contributed by atoms with van der Waals surface area (Å²) in [6.07, 6.45) is 4.72. The standard InChI is InChI=1S/C22H32O4/c1-13(2)20-16-9-10-22(6)19(26-22)8-7-14(3)18(25-15(4)23)12-21(16,5)11-17(20)24/h16,18-19H,3,7-12H2,1-2,4-6H3/t16-,18+,19+,21+,22-/m1/s1. The molecule has 3 aliphatic rings. The minimum absolute atomic E-state index is 0.0825. The van der Waals surface area contributed by atoms with E-state index in [4.69, 9.17) is 9.47 Å². The summed E-state index contributed by atoms with van der Waals surface area (Å²) < 4.78 is 11.6. The van der Waals surface area contributed by atoms with Gasteiger partial charge in [-0.15, -0.1) is 0 Å². The lowest BCUT2D eigenvalue weighted by molar-refractivity contribution is -0.146. The van der Waals surface area contributed by atoms with Gasteiger partial charge in [0.05, 0.1) is 11.7 Å². The highest BCUT2D eigenvalue weighted by atomic mass is 16.6. The van der Waals surface area contributed by atoms with E-state index in [1.54, 1.807) is 0 Å². The molecule has 0 aromatic heterocycles. The number of fused-ring (bicyclic) bond motifs is 2. The van der Waals surface area contributed by atoms with E-state index in [-0.39, 0.29) is 40.9 Å². The van der Waals surface area contributed by atoms with Crippen molar-refractivity contribution in [1.29, 1.82) is 0 Å². The van der Waals surface area contributed by atoms with Crippen LogP contribution < -0.4 is 0 Å².